The first-order chi connectivity index (χ1) is 10.2. The van der Waals surface area contributed by atoms with Gasteiger partial charge in [0.2, 0.25) is 5.76 Å². The van der Waals surface area contributed by atoms with Gasteiger partial charge < -0.3 is 14.2 Å². The first kappa shape index (κ1) is 13.7. The van der Waals surface area contributed by atoms with Crippen LogP contribution in [-0.2, 0) is 0 Å². The number of piperazine rings is 1. The van der Waals surface area contributed by atoms with Crippen molar-refractivity contribution in [3.63, 3.8) is 0 Å². The van der Waals surface area contributed by atoms with E-state index in [9.17, 15) is 4.79 Å². The number of benzene rings is 1. The van der Waals surface area contributed by atoms with Crippen LogP contribution in [-0.4, -0.2) is 42.0 Å². The first-order valence-corrected chi connectivity index (χ1v) is 7.16. The second-order valence-electron chi connectivity index (χ2n) is 5.36. The normalized spacial score (nSPS) is 15.3. The molecule has 0 N–H and O–H groups in total. The van der Waals surface area contributed by atoms with E-state index in [4.69, 9.17) is 4.42 Å². The maximum atomic E-state index is 12.2. The van der Waals surface area contributed by atoms with Crippen molar-refractivity contribution in [1.29, 1.82) is 0 Å². The third-order valence-corrected chi connectivity index (χ3v) is 4.13. The molecule has 1 amide bonds. The summed E-state index contributed by atoms with van der Waals surface area (Å²) in [6, 6.07) is 6.36. The highest BCUT2D eigenvalue weighted by Gasteiger charge is 2.24. The van der Waals surface area contributed by atoms with Gasteiger partial charge in [0, 0.05) is 31.9 Å². The highest BCUT2D eigenvalue weighted by Crippen LogP contribution is 2.24. The molecular weight excluding hydrogens is 266 g/mol. The van der Waals surface area contributed by atoms with Crippen molar-refractivity contribution in [2.45, 2.75) is 13.8 Å². The van der Waals surface area contributed by atoms with E-state index < -0.39 is 0 Å². The summed E-state index contributed by atoms with van der Waals surface area (Å²) < 4.78 is 5.08. The Balaban J connectivity index is 1.68. The number of amides is 1. The quantitative estimate of drug-likeness (QED) is 0.849. The number of rotatable bonds is 2. The van der Waals surface area contributed by atoms with E-state index in [0.29, 0.717) is 18.8 Å². The molecule has 0 aliphatic carbocycles. The average Bonchev–Trinajstić information content (AvgIpc) is 3.04. The lowest BCUT2D eigenvalue weighted by Gasteiger charge is -2.36. The summed E-state index contributed by atoms with van der Waals surface area (Å²) in [4.78, 5) is 20.2. The van der Waals surface area contributed by atoms with Crippen molar-refractivity contribution in [1.82, 2.24) is 9.88 Å². The van der Waals surface area contributed by atoms with Crippen molar-refractivity contribution >= 4 is 11.6 Å². The third-order valence-electron chi connectivity index (χ3n) is 4.13. The summed E-state index contributed by atoms with van der Waals surface area (Å²) in [5.74, 6) is 0.239. The number of carbonyl (C=O) groups is 1. The Kier molecular flexibility index (Phi) is 3.64. The third kappa shape index (κ3) is 2.63. The Labute approximate surface area is 124 Å². The molecule has 3 rings (SSSR count). The molecule has 0 atom stereocenters. The van der Waals surface area contributed by atoms with Crippen molar-refractivity contribution in [2.24, 2.45) is 0 Å². The van der Waals surface area contributed by atoms with Crippen LogP contribution >= 0.6 is 0 Å². The molecule has 2 aromatic rings. The maximum Gasteiger partial charge on any atom is 0.291 e. The molecule has 1 aliphatic rings. The molecule has 21 heavy (non-hydrogen) atoms. The van der Waals surface area contributed by atoms with E-state index in [1.807, 2.05) is 4.90 Å². The van der Waals surface area contributed by atoms with Crippen LogP contribution < -0.4 is 4.90 Å². The molecule has 1 fully saturated rings. The Morgan fingerprint density at radius 2 is 1.95 bits per heavy atom. The van der Waals surface area contributed by atoms with E-state index in [2.05, 4.69) is 41.9 Å². The summed E-state index contributed by atoms with van der Waals surface area (Å²) in [7, 11) is 0. The first-order valence-electron chi connectivity index (χ1n) is 7.16. The van der Waals surface area contributed by atoms with Crippen LogP contribution in [0.1, 0.15) is 21.7 Å². The van der Waals surface area contributed by atoms with E-state index in [1.54, 1.807) is 0 Å². The molecule has 5 heteroatoms. The van der Waals surface area contributed by atoms with Crippen LogP contribution in [0.5, 0.6) is 0 Å². The van der Waals surface area contributed by atoms with Crippen molar-refractivity contribution < 1.29 is 9.21 Å². The molecule has 110 valence electrons. The van der Waals surface area contributed by atoms with E-state index in [0.717, 1.165) is 13.1 Å². The fourth-order valence-corrected chi connectivity index (χ4v) is 2.71. The standard InChI is InChI=1S/C16H19N3O2/c1-12-4-3-5-14(13(12)2)18-6-8-19(9-7-18)16(20)15-10-17-11-21-15/h3-5,10-11H,6-9H2,1-2H3. The summed E-state index contributed by atoms with van der Waals surface area (Å²) in [6.45, 7) is 7.35. The minimum atomic E-state index is -0.0758. The highest BCUT2D eigenvalue weighted by molar-refractivity contribution is 5.91. The van der Waals surface area contributed by atoms with E-state index >= 15 is 0 Å². The Morgan fingerprint density at radius 1 is 1.19 bits per heavy atom. The van der Waals surface area contributed by atoms with Gasteiger partial charge in [0.05, 0.1) is 6.20 Å². The summed E-state index contributed by atoms with van der Waals surface area (Å²) in [5.41, 5.74) is 3.88. The van der Waals surface area contributed by atoms with Crippen molar-refractivity contribution in [2.75, 3.05) is 31.1 Å². The molecule has 1 aromatic carbocycles. The topological polar surface area (TPSA) is 49.6 Å². The molecule has 0 saturated carbocycles. The molecule has 2 heterocycles. The molecule has 5 nitrogen and oxygen atoms in total. The number of anilines is 1. The summed E-state index contributed by atoms with van der Waals surface area (Å²) >= 11 is 0. The van der Waals surface area contributed by atoms with Gasteiger partial charge in [-0.15, -0.1) is 0 Å². The van der Waals surface area contributed by atoms with Crippen LogP contribution in [0.2, 0.25) is 0 Å². The lowest BCUT2D eigenvalue weighted by molar-refractivity contribution is 0.0714. The van der Waals surface area contributed by atoms with E-state index in [-0.39, 0.29) is 5.91 Å². The lowest BCUT2D eigenvalue weighted by Crippen LogP contribution is -2.49. The highest BCUT2D eigenvalue weighted by atomic mass is 16.3. The molecule has 1 aromatic heterocycles. The zero-order valence-electron chi connectivity index (χ0n) is 12.4. The largest absolute Gasteiger partial charge is 0.438 e. The Bertz CT molecular complexity index is 629. The maximum absolute atomic E-state index is 12.2. The Hall–Kier alpha value is -2.30. The van der Waals surface area contributed by atoms with Crippen LogP contribution in [0.15, 0.2) is 35.2 Å². The number of hydrogen-bond acceptors (Lipinski definition) is 4. The fourth-order valence-electron chi connectivity index (χ4n) is 2.71. The molecule has 0 bridgehead atoms. The van der Waals surface area contributed by atoms with Gasteiger partial charge in [-0.3, -0.25) is 4.79 Å². The van der Waals surface area contributed by atoms with Gasteiger partial charge in [0.1, 0.15) is 0 Å². The second-order valence-corrected chi connectivity index (χ2v) is 5.36. The van der Waals surface area contributed by atoms with Crippen molar-refractivity contribution in [3.05, 3.63) is 47.7 Å². The average molecular weight is 285 g/mol. The summed E-state index contributed by atoms with van der Waals surface area (Å²) in [6.07, 6.45) is 2.76. The molecule has 1 aliphatic heterocycles. The molecular formula is C16H19N3O2. The predicted molar refractivity (Wildman–Crippen MR) is 80.5 cm³/mol. The van der Waals surface area contributed by atoms with Gasteiger partial charge in [-0.25, -0.2) is 4.98 Å². The van der Waals surface area contributed by atoms with Gasteiger partial charge in [-0.05, 0) is 31.0 Å². The van der Waals surface area contributed by atoms with Crippen LogP contribution in [0.25, 0.3) is 0 Å². The summed E-state index contributed by atoms with van der Waals surface area (Å²) in [5, 5.41) is 0. The number of aromatic nitrogens is 1. The van der Waals surface area contributed by atoms with E-state index in [1.165, 1.54) is 29.4 Å². The number of aryl methyl sites for hydroxylation is 1. The number of nitrogens with zero attached hydrogens (tertiary/aromatic N) is 3. The minimum absolute atomic E-state index is 0.0758. The molecule has 1 saturated heterocycles. The van der Waals surface area contributed by atoms with Gasteiger partial charge in [0.15, 0.2) is 6.39 Å². The SMILES string of the molecule is Cc1cccc(N2CCN(C(=O)c3cnco3)CC2)c1C. The molecule has 0 spiro atoms. The number of oxazole rings is 1. The lowest BCUT2D eigenvalue weighted by atomic mass is 10.1. The predicted octanol–water partition coefficient (Wildman–Crippen LogP) is 2.25. The number of carbonyl (C=O) groups excluding carboxylic acids is 1. The van der Waals surface area contributed by atoms with Crippen molar-refractivity contribution in [3.8, 4) is 0 Å². The zero-order valence-corrected chi connectivity index (χ0v) is 12.4. The monoisotopic (exact) mass is 285 g/mol. The van der Waals surface area contributed by atoms with Crippen LogP contribution in [0.4, 0.5) is 5.69 Å². The minimum Gasteiger partial charge on any atom is -0.438 e. The van der Waals surface area contributed by atoms with Gasteiger partial charge in [0.25, 0.3) is 5.91 Å². The second kappa shape index (κ2) is 5.60. The van der Waals surface area contributed by atoms with Crippen LogP contribution in [0.3, 0.4) is 0 Å². The zero-order chi connectivity index (χ0) is 14.8. The Morgan fingerprint density at radius 3 is 2.62 bits per heavy atom. The number of hydrogen-bond donors (Lipinski definition) is 0. The van der Waals surface area contributed by atoms with Crippen LogP contribution in [0, 0.1) is 13.8 Å². The smallest absolute Gasteiger partial charge is 0.291 e. The molecule has 0 unspecified atom stereocenters. The van der Waals surface area contributed by atoms with Gasteiger partial charge >= 0.3 is 0 Å². The molecule has 0 radical (unpaired) electrons. The fraction of sp³-hybridized carbons (Fsp3) is 0.375. The van der Waals surface area contributed by atoms with Gasteiger partial charge in [-0.1, -0.05) is 12.1 Å². The van der Waals surface area contributed by atoms with Gasteiger partial charge in [-0.2, -0.15) is 0 Å².